The molecule has 0 fully saturated rings. The van der Waals surface area contributed by atoms with Crippen LogP contribution >= 0.6 is 0 Å². The second kappa shape index (κ2) is 7.88. The first-order valence-corrected chi connectivity index (χ1v) is 7.98. The molecule has 0 unspecified atom stereocenters. The molecule has 0 bridgehead atoms. The van der Waals surface area contributed by atoms with Gasteiger partial charge in [-0.3, -0.25) is 4.79 Å². The maximum absolute atomic E-state index is 12.2. The van der Waals surface area contributed by atoms with Crippen molar-refractivity contribution in [1.29, 1.82) is 0 Å². The van der Waals surface area contributed by atoms with Crippen LogP contribution in [-0.4, -0.2) is 48.0 Å². The van der Waals surface area contributed by atoms with E-state index in [9.17, 15) is 4.79 Å². The van der Waals surface area contributed by atoms with Gasteiger partial charge in [0.05, 0.1) is 0 Å². The molecule has 0 saturated heterocycles. The van der Waals surface area contributed by atoms with Crippen molar-refractivity contribution in [2.45, 2.75) is 20.8 Å². The Labute approximate surface area is 143 Å². The summed E-state index contributed by atoms with van der Waals surface area (Å²) in [7, 11) is 3.93. The zero-order valence-electron chi connectivity index (χ0n) is 15.0. The van der Waals surface area contributed by atoms with Gasteiger partial charge in [0, 0.05) is 24.8 Å². The van der Waals surface area contributed by atoms with Crippen molar-refractivity contribution >= 4 is 17.4 Å². The quantitative estimate of drug-likeness (QED) is 0.853. The average Bonchev–Trinajstić information content (AvgIpc) is 2.49. The fourth-order valence-electron chi connectivity index (χ4n) is 2.32. The molecule has 6 nitrogen and oxygen atoms in total. The third kappa shape index (κ3) is 5.03. The molecule has 2 aromatic rings. The Morgan fingerprint density at radius 3 is 2.54 bits per heavy atom. The molecule has 1 amide bonds. The first-order chi connectivity index (χ1) is 11.3. The van der Waals surface area contributed by atoms with Crippen LogP contribution in [-0.2, 0) is 0 Å². The van der Waals surface area contributed by atoms with Gasteiger partial charge in [-0.05, 0) is 46.5 Å². The number of amides is 1. The van der Waals surface area contributed by atoms with Gasteiger partial charge in [-0.2, -0.15) is 0 Å². The normalized spacial score (nSPS) is 10.8. The van der Waals surface area contributed by atoms with Gasteiger partial charge in [0.15, 0.2) is 0 Å². The number of aromatic nitrogens is 2. The Balaban J connectivity index is 2.14. The summed E-state index contributed by atoms with van der Waals surface area (Å²) in [6.45, 7) is 7.24. The summed E-state index contributed by atoms with van der Waals surface area (Å²) in [5.74, 6) is 0.987. The summed E-state index contributed by atoms with van der Waals surface area (Å²) >= 11 is 0. The number of anilines is 2. The number of carbonyl (C=O) groups is 1. The Hall–Kier alpha value is -2.47. The number of likely N-dealkylation sites (N-methyl/N-ethyl adjacent to an activating group) is 1. The van der Waals surface area contributed by atoms with E-state index in [2.05, 4.69) is 33.6 Å². The van der Waals surface area contributed by atoms with Crippen LogP contribution in [0.15, 0.2) is 24.3 Å². The number of rotatable bonds is 6. The van der Waals surface area contributed by atoms with E-state index < -0.39 is 0 Å². The third-order valence-corrected chi connectivity index (χ3v) is 3.56. The van der Waals surface area contributed by atoms with Crippen LogP contribution in [0.25, 0.3) is 0 Å². The fraction of sp³-hybridized carbons (Fsp3) is 0.389. The molecule has 0 radical (unpaired) electrons. The lowest BCUT2D eigenvalue weighted by Crippen LogP contribution is -2.32. The highest BCUT2D eigenvalue weighted by Gasteiger charge is 2.11. The van der Waals surface area contributed by atoms with Crippen molar-refractivity contribution in [2.24, 2.45) is 0 Å². The molecule has 0 aliphatic rings. The minimum Gasteiger partial charge on any atom is -0.349 e. The molecule has 0 atom stereocenters. The summed E-state index contributed by atoms with van der Waals surface area (Å²) in [5.41, 5.74) is 3.67. The van der Waals surface area contributed by atoms with Gasteiger partial charge in [0.2, 0.25) is 0 Å². The first-order valence-electron chi connectivity index (χ1n) is 7.98. The molecule has 0 spiro atoms. The minimum absolute atomic E-state index is 0.189. The van der Waals surface area contributed by atoms with E-state index in [0.29, 0.717) is 23.9 Å². The summed E-state index contributed by atoms with van der Waals surface area (Å²) in [5, 5.41) is 6.14. The molecule has 1 aromatic carbocycles. The van der Waals surface area contributed by atoms with Gasteiger partial charge in [0.1, 0.15) is 17.3 Å². The molecule has 1 aromatic heterocycles. The van der Waals surface area contributed by atoms with Gasteiger partial charge in [0.25, 0.3) is 5.91 Å². The summed E-state index contributed by atoms with van der Waals surface area (Å²) in [6.07, 6.45) is 0. The molecule has 1 heterocycles. The second-order valence-corrected chi connectivity index (χ2v) is 6.19. The number of aryl methyl sites for hydroxylation is 3. The topological polar surface area (TPSA) is 70.2 Å². The highest BCUT2D eigenvalue weighted by atomic mass is 16.1. The minimum atomic E-state index is -0.189. The predicted molar refractivity (Wildman–Crippen MR) is 96.9 cm³/mol. The zero-order chi connectivity index (χ0) is 17.7. The van der Waals surface area contributed by atoms with Crippen molar-refractivity contribution in [3.05, 3.63) is 46.9 Å². The van der Waals surface area contributed by atoms with E-state index in [1.807, 2.05) is 38.1 Å². The van der Waals surface area contributed by atoms with Crippen LogP contribution in [0, 0.1) is 20.8 Å². The summed E-state index contributed by atoms with van der Waals surface area (Å²) in [6, 6.07) is 7.83. The molecule has 2 N–H and O–H groups in total. The number of hydrogen-bond donors (Lipinski definition) is 2. The van der Waals surface area contributed by atoms with Crippen molar-refractivity contribution < 1.29 is 4.79 Å². The van der Waals surface area contributed by atoms with Crippen LogP contribution in [0.5, 0.6) is 0 Å². The Morgan fingerprint density at radius 2 is 1.88 bits per heavy atom. The highest BCUT2D eigenvalue weighted by molar-refractivity contribution is 5.93. The van der Waals surface area contributed by atoms with Gasteiger partial charge in [-0.1, -0.05) is 17.7 Å². The molecule has 0 aliphatic heterocycles. The lowest BCUT2D eigenvalue weighted by Gasteiger charge is -2.12. The van der Waals surface area contributed by atoms with Gasteiger partial charge in [-0.15, -0.1) is 0 Å². The first kappa shape index (κ1) is 17.9. The lowest BCUT2D eigenvalue weighted by molar-refractivity contribution is 0.0945. The van der Waals surface area contributed by atoms with E-state index in [1.165, 1.54) is 5.56 Å². The number of carbonyl (C=O) groups excluding carboxylic acids is 1. The fourth-order valence-corrected chi connectivity index (χ4v) is 2.32. The molecule has 6 heteroatoms. The Morgan fingerprint density at radius 1 is 1.12 bits per heavy atom. The number of benzene rings is 1. The molecule has 24 heavy (non-hydrogen) atoms. The van der Waals surface area contributed by atoms with Gasteiger partial charge >= 0.3 is 0 Å². The largest absolute Gasteiger partial charge is 0.349 e. The van der Waals surface area contributed by atoms with E-state index >= 15 is 0 Å². The smallest absolute Gasteiger partial charge is 0.270 e. The van der Waals surface area contributed by atoms with Gasteiger partial charge in [-0.25, -0.2) is 9.97 Å². The molecular formula is C18H25N5O. The third-order valence-electron chi connectivity index (χ3n) is 3.56. The Bertz CT molecular complexity index is 727. The standard InChI is InChI=1S/C18H25N5O/c1-12-6-7-15(13(2)10-12)22-17-11-16(20-14(3)21-17)18(24)19-8-9-23(4)5/h6-7,10-11H,8-9H2,1-5H3,(H,19,24)(H,20,21,22). The maximum Gasteiger partial charge on any atom is 0.270 e. The number of hydrogen-bond acceptors (Lipinski definition) is 5. The molecule has 128 valence electrons. The number of nitrogens with one attached hydrogen (secondary N) is 2. The summed E-state index contributed by atoms with van der Waals surface area (Å²) < 4.78 is 0. The van der Waals surface area contributed by atoms with E-state index in [0.717, 1.165) is 17.8 Å². The average molecular weight is 327 g/mol. The highest BCUT2D eigenvalue weighted by Crippen LogP contribution is 2.20. The SMILES string of the molecule is Cc1ccc(Nc2cc(C(=O)NCCN(C)C)nc(C)n2)c(C)c1. The Kier molecular flexibility index (Phi) is 5.87. The van der Waals surface area contributed by atoms with E-state index in [-0.39, 0.29) is 5.91 Å². The van der Waals surface area contributed by atoms with Crippen molar-refractivity contribution in [1.82, 2.24) is 20.2 Å². The monoisotopic (exact) mass is 327 g/mol. The van der Waals surface area contributed by atoms with Crippen LogP contribution < -0.4 is 10.6 Å². The molecule has 2 rings (SSSR count). The van der Waals surface area contributed by atoms with Crippen LogP contribution in [0.1, 0.15) is 27.4 Å². The lowest BCUT2D eigenvalue weighted by atomic mass is 10.1. The zero-order valence-corrected chi connectivity index (χ0v) is 15.0. The second-order valence-electron chi connectivity index (χ2n) is 6.19. The van der Waals surface area contributed by atoms with Crippen molar-refractivity contribution in [3.63, 3.8) is 0 Å². The molecular weight excluding hydrogens is 302 g/mol. The summed E-state index contributed by atoms with van der Waals surface area (Å²) in [4.78, 5) is 22.9. The van der Waals surface area contributed by atoms with Crippen LogP contribution in [0.2, 0.25) is 0 Å². The van der Waals surface area contributed by atoms with Crippen LogP contribution in [0.3, 0.4) is 0 Å². The van der Waals surface area contributed by atoms with Crippen molar-refractivity contribution in [2.75, 3.05) is 32.5 Å². The van der Waals surface area contributed by atoms with Crippen LogP contribution in [0.4, 0.5) is 11.5 Å². The van der Waals surface area contributed by atoms with Gasteiger partial charge < -0.3 is 15.5 Å². The van der Waals surface area contributed by atoms with Crippen molar-refractivity contribution in [3.8, 4) is 0 Å². The number of nitrogens with zero attached hydrogens (tertiary/aromatic N) is 3. The maximum atomic E-state index is 12.2. The van der Waals surface area contributed by atoms with E-state index in [4.69, 9.17) is 0 Å². The predicted octanol–water partition coefficient (Wildman–Crippen LogP) is 2.44. The molecule has 0 saturated carbocycles. The van der Waals surface area contributed by atoms with E-state index in [1.54, 1.807) is 13.0 Å². The molecule has 0 aliphatic carbocycles.